The van der Waals surface area contributed by atoms with Gasteiger partial charge in [0.15, 0.2) is 11.6 Å². The lowest BCUT2D eigenvalue weighted by Crippen LogP contribution is -2.34. The molecule has 0 saturated carbocycles. The summed E-state index contributed by atoms with van der Waals surface area (Å²) in [7, 11) is 0. The van der Waals surface area contributed by atoms with Crippen LogP contribution < -0.4 is 10.9 Å². The van der Waals surface area contributed by atoms with Crippen molar-refractivity contribution in [2.45, 2.75) is 25.8 Å². The zero-order valence-electron chi connectivity index (χ0n) is 11.9. The van der Waals surface area contributed by atoms with Crippen molar-refractivity contribution in [3.8, 4) is 0 Å². The zero-order chi connectivity index (χ0) is 16.1. The third-order valence-corrected chi connectivity index (χ3v) is 3.14. The first-order chi connectivity index (χ1) is 10.5. The Bertz CT molecular complexity index is 710. The molecule has 0 fully saturated rings. The third-order valence-electron chi connectivity index (χ3n) is 3.14. The number of nitrogens with zero attached hydrogens (tertiary/aromatic N) is 1. The molecule has 7 heteroatoms. The Morgan fingerprint density at radius 1 is 1.27 bits per heavy atom. The van der Waals surface area contributed by atoms with Crippen LogP contribution in [0.1, 0.15) is 29.4 Å². The van der Waals surface area contributed by atoms with E-state index < -0.39 is 17.5 Å². The highest BCUT2D eigenvalue weighted by atomic mass is 19.2. The van der Waals surface area contributed by atoms with Crippen molar-refractivity contribution in [3.05, 3.63) is 63.6 Å². The molecule has 1 heterocycles. The third kappa shape index (κ3) is 4.21. The van der Waals surface area contributed by atoms with Gasteiger partial charge in [-0.05, 0) is 43.5 Å². The summed E-state index contributed by atoms with van der Waals surface area (Å²) >= 11 is 0. The molecular weight excluding hydrogens is 292 g/mol. The largest absolute Gasteiger partial charge is 0.348 e. The van der Waals surface area contributed by atoms with E-state index in [0.717, 1.165) is 12.1 Å². The number of amides is 1. The van der Waals surface area contributed by atoms with Gasteiger partial charge in [0.25, 0.3) is 11.5 Å². The van der Waals surface area contributed by atoms with Crippen molar-refractivity contribution in [3.63, 3.8) is 0 Å². The molecule has 0 saturated heterocycles. The number of benzene rings is 1. The van der Waals surface area contributed by atoms with Crippen LogP contribution >= 0.6 is 0 Å². The van der Waals surface area contributed by atoms with E-state index in [4.69, 9.17) is 0 Å². The van der Waals surface area contributed by atoms with Crippen LogP contribution in [0.25, 0.3) is 0 Å². The Morgan fingerprint density at radius 3 is 2.68 bits per heavy atom. The summed E-state index contributed by atoms with van der Waals surface area (Å²) in [5.41, 5.74) is 0.379. The average molecular weight is 307 g/mol. The molecule has 0 aliphatic carbocycles. The second kappa shape index (κ2) is 6.93. The van der Waals surface area contributed by atoms with E-state index in [1.54, 1.807) is 6.92 Å². The number of aryl methyl sites for hydroxylation is 1. The first kappa shape index (κ1) is 15.8. The van der Waals surface area contributed by atoms with E-state index in [9.17, 15) is 18.4 Å². The van der Waals surface area contributed by atoms with E-state index in [2.05, 4.69) is 15.5 Å². The fourth-order valence-electron chi connectivity index (χ4n) is 1.92. The number of aromatic amines is 1. The van der Waals surface area contributed by atoms with Gasteiger partial charge in [0, 0.05) is 12.1 Å². The number of rotatable bonds is 5. The number of aromatic nitrogens is 2. The van der Waals surface area contributed by atoms with Crippen molar-refractivity contribution in [2.24, 2.45) is 0 Å². The van der Waals surface area contributed by atoms with E-state index in [1.807, 2.05) is 0 Å². The van der Waals surface area contributed by atoms with Gasteiger partial charge in [-0.25, -0.2) is 13.9 Å². The molecule has 2 aromatic rings. The van der Waals surface area contributed by atoms with Gasteiger partial charge in [-0.15, -0.1) is 0 Å². The molecule has 0 aliphatic rings. The van der Waals surface area contributed by atoms with Gasteiger partial charge < -0.3 is 5.32 Å². The van der Waals surface area contributed by atoms with Gasteiger partial charge in [0.05, 0.1) is 0 Å². The first-order valence-corrected chi connectivity index (χ1v) is 6.76. The zero-order valence-corrected chi connectivity index (χ0v) is 11.9. The lowest BCUT2D eigenvalue weighted by molar-refractivity contribution is 0.0932. The Morgan fingerprint density at radius 2 is 2.05 bits per heavy atom. The first-order valence-electron chi connectivity index (χ1n) is 6.76. The number of carbonyl (C=O) groups is 1. The molecule has 1 amide bonds. The van der Waals surface area contributed by atoms with Crippen LogP contribution in [0.4, 0.5) is 8.78 Å². The Hall–Kier alpha value is -2.57. The molecule has 1 aromatic carbocycles. The smallest absolute Gasteiger partial charge is 0.271 e. The van der Waals surface area contributed by atoms with Crippen molar-refractivity contribution in [1.82, 2.24) is 15.5 Å². The summed E-state index contributed by atoms with van der Waals surface area (Å²) in [4.78, 5) is 22.7. The highest BCUT2D eigenvalue weighted by Crippen LogP contribution is 2.11. The van der Waals surface area contributed by atoms with Crippen LogP contribution in [0.3, 0.4) is 0 Å². The minimum absolute atomic E-state index is 0.110. The summed E-state index contributed by atoms with van der Waals surface area (Å²) in [5, 5.41) is 8.53. The second-order valence-electron chi connectivity index (χ2n) is 4.97. The second-order valence-corrected chi connectivity index (χ2v) is 4.97. The summed E-state index contributed by atoms with van der Waals surface area (Å²) in [6.07, 6.45) is 1.05. The monoisotopic (exact) mass is 307 g/mol. The average Bonchev–Trinajstić information content (AvgIpc) is 2.49. The van der Waals surface area contributed by atoms with Crippen molar-refractivity contribution in [1.29, 1.82) is 0 Å². The standard InChI is InChI=1S/C15H15F2N3O2/c1-9(2-3-10-4-5-11(16)12(17)8-10)18-15(22)13-6-7-14(21)20-19-13/h4-9H,2-3H2,1H3,(H,18,22)(H,20,21)/t9-/m0/s1. The fraction of sp³-hybridized carbons (Fsp3) is 0.267. The van der Waals surface area contributed by atoms with Crippen LogP contribution in [0.2, 0.25) is 0 Å². The van der Waals surface area contributed by atoms with Crippen LogP contribution in [-0.2, 0) is 6.42 Å². The molecule has 0 aliphatic heterocycles. The molecule has 0 radical (unpaired) electrons. The van der Waals surface area contributed by atoms with Crippen molar-refractivity contribution in [2.75, 3.05) is 0 Å². The van der Waals surface area contributed by atoms with Crippen LogP contribution in [0.5, 0.6) is 0 Å². The molecule has 1 aromatic heterocycles. The van der Waals surface area contributed by atoms with E-state index in [-0.39, 0.29) is 17.3 Å². The summed E-state index contributed by atoms with van der Waals surface area (Å²) in [6.45, 7) is 1.80. The van der Waals surface area contributed by atoms with Gasteiger partial charge in [-0.2, -0.15) is 5.10 Å². The van der Waals surface area contributed by atoms with Crippen molar-refractivity contribution < 1.29 is 13.6 Å². The number of hydrogen-bond donors (Lipinski definition) is 2. The predicted molar refractivity (Wildman–Crippen MR) is 76.5 cm³/mol. The van der Waals surface area contributed by atoms with Gasteiger partial charge in [0.2, 0.25) is 0 Å². The maximum Gasteiger partial charge on any atom is 0.271 e. The lowest BCUT2D eigenvalue weighted by atomic mass is 10.1. The molecule has 116 valence electrons. The molecule has 1 atom stereocenters. The van der Waals surface area contributed by atoms with Crippen LogP contribution in [0, 0.1) is 11.6 Å². The van der Waals surface area contributed by atoms with Gasteiger partial charge in [-0.1, -0.05) is 6.07 Å². The molecule has 5 nitrogen and oxygen atoms in total. The highest BCUT2D eigenvalue weighted by Gasteiger charge is 2.12. The summed E-state index contributed by atoms with van der Waals surface area (Å²) in [5.74, 6) is -2.17. The number of carbonyl (C=O) groups excluding carboxylic acids is 1. The van der Waals surface area contributed by atoms with Gasteiger partial charge in [0.1, 0.15) is 5.69 Å². The lowest BCUT2D eigenvalue weighted by Gasteiger charge is -2.13. The van der Waals surface area contributed by atoms with E-state index in [1.165, 1.54) is 18.2 Å². The molecular formula is C15H15F2N3O2. The maximum atomic E-state index is 13.1. The maximum absolute atomic E-state index is 13.1. The highest BCUT2D eigenvalue weighted by molar-refractivity contribution is 5.92. The SMILES string of the molecule is C[C@@H](CCc1ccc(F)c(F)c1)NC(=O)c1ccc(=O)[nH]n1. The molecule has 2 N–H and O–H groups in total. The van der Waals surface area contributed by atoms with Crippen LogP contribution in [0.15, 0.2) is 35.1 Å². The quantitative estimate of drug-likeness (QED) is 0.884. The minimum atomic E-state index is -0.883. The molecule has 0 unspecified atom stereocenters. The normalized spacial score (nSPS) is 12.0. The summed E-state index contributed by atoms with van der Waals surface area (Å²) < 4.78 is 25.9. The minimum Gasteiger partial charge on any atom is -0.348 e. The molecule has 0 spiro atoms. The Balaban J connectivity index is 1.88. The number of hydrogen-bond acceptors (Lipinski definition) is 3. The molecule has 22 heavy (non-hydrogen) atoms. The van der Waals surface area contributed by atoms with Gasteiger partial charge in [-0.3, -0.25) is 9.59 Å². The fourth-order valence-corrected chi connectivity index (χ4v) is 1.92. The number of nitrogens with one attached hydrogen (secondary N) is 2. The molecule has 2 rings (SSSR count). The van der Waals surface area contributed by atoms with Crippen molar-refractivity contribution >= 4 is 5.91 Å². The van der Waals surface area contributed by atoms with E-state index >= 15 is 0 Å². The number of H-pyrrole nitrogens is 1. The van der Waals surface area contributed by atoms with E-state index in [0.29, 0.717) is 18.4 Å². The van der Waals surface area contributed by atoms with Crippen LogP contribution in [-0.4, -0.2) is 22.1 Å². The predicted octanol–water partition coefficient (Wildman–Crippen LogP) is 1.80. The summed E-state index contributed by atoms with van der Waals surface area (Å²) in [6, 6.07) is 6.10. The number of halogens is 2. The topological polar surface area (TPSA) is 74.8 Å². The Kier molecular flexibility index (Phi) is 4.98. The van der Waals surface area contributed by atoms with Gasteiger partial charge >= 0.3 is 0 Å². The Labute approximate surface area is 125 Å². The molecule has 0 bridgehead atoms.